The van der Waals surface area contributed by atoms with Crippen LogP contribution in [0.4, 0.5) is 4.79 Å². The number of piperidine rings is 1. The van der Waals surface area contributed by atoms with E-state index in [1.807, 2.05) is 13.8 Å². The van der Waals surface area contributed by atoms with E-state index in [4.69, 9.17) is 9.47 Å². The van der Waals surface area contributed by atoms with Crippen molar-refractivity contribution < 1.29 is 19.1 Å². The molecule has 1 saturated heterocycles. The highest BCUT2D eigenvalue weighted by molar-refractivity contribution is 5.77. The van der Waals surface area contributed by atoms with Crippen LogP contribution in [0.5, 0.6) is 0 Å². The third kappa shape index (κ3) is 5.92. The SMILES string of the molecule is COCC(=O)N1CCC(NC(=O)OCC(C)C)CC1. The van der Waals surface area contributed by atoms with Gasteiger partial charge < -0.3 is 19.7 Å². The first kappa shape index (κ1) is 15.8. The summed E-state index contributed by atoms with van der Waals surface area (Å²) in [5.74, 6) is 0.336. The molecular weight excluding hydrogens is 248 g/mol. The molecule has 0 aliphatic carbocycles. The molecule has 6 heteroatoms. The van der Waals surface area contributed by atoms with Crippen LogP contribution in [0.15, 0.2) is 0 Å². The van der Waals surface area contributed by atoms with Gasteiger partial charge in [0.05, 0.1) is 6.61 Å². The van der Waals surface area contributed by atoms with Crippen LogP contribution in [-0.2, 0) is 14.3 Å². The van der Waals surface area contributed by atoms with Gasteiger partial charge in [0.2, 0.25) is 5.91 Å². The number of ether oxygens (including phenoxy) is 2. The van der Waals surface area contributed by atoms with Gasteiger partial charge >= 0.3 is 6.09 Å². The average molecular weight is 272 g/mol. The number of carbonyl (C=O) groups is 2. The molecule has 0 atom stereocenters. The summed E-state index contributed by atoms with van der Waals surface area (Å²) in [6.07, 6.45) is 1.15. The molecular formula is C13H24N2O4. The zero-order valence-electron chi connectivity index (χ0n) is 12.0. The predicted octanol–water partition coefficient (Wildman–Crippen LogP) is 1.01. The van der Waals surface area contributed by atoms with Crippen LogP contribution in [-0.4, -0.2) is 56.4 Å². The van der Waals surface area contributed by atoms with Crippen molar-refractivity contribution in [2.24, 2.45) is 5.92 Å². The Bertz CT molecular complexity index is 299. The summed E-state index contributed by atoms with van der Waals surface area (Å²) in [7, 11) is 1.51. The Labute approximate surface area is 114 Å². The molecule has 0 bridgehead atoms. The second-order valence-electron chi connectivity index (χ2n) is 5.22. The number of carbonyl (C=O) groups excluding carboxylic acids is 2. The molecule has 1 aliphatic heterocycles. The average Bonchev–Trinajstić information content (AvgIpc) is 2.37. The first-order valence-corrected chi connectivity index (χ1v) is 6.73. The minimum Gasteiger partial charge on any atom is -0.449 e. The summed E-state index contributed by atoms with van der Waals surface area (Å²) in [5.41, 5.74) is 0. The molecule has 19 heavy (non-hydrogen) atoms. The summed E-state index contributed by atoms with van der Waals surface area (Å²) < 4.78 is 9.89. The van der Waals surface area contributed by atoms with E-state index in [1.165, 1.54) is 7.11 Å². The molecule has 6 nitrogen and oxygen atoms in total. The number of amides is 2. The maximum atomic E-state index is 11.6. The number of hydrogen-bond acceptors (Lipinski definition) is 4. The number of hydrogen-bond donors (Lipinski definition) is 1. The van der Waals surface area contributed by atoms with Gasteiger partial charge in [-0.25, -0.2) is 4.79 Å². The van der Waals surface area contributed by atoms with E-state index in [0.717, 1.165) is 12.8 Å². The maximum absolute atomic E-state index is 11.6. The van der Waals surface area contributed by atoms with Crippen molar-refractivity contribution >= 4 is 12.0 Å². The number of nitrogens with one attached hydrogen (secondary N) is 1. The molecule has 0 aromatic rings. The van der Waals surface area contributed by atoms with E-state index >= 15 is 0 Å². The van der Waals surface area contributed by atoms with Gasteiger partial charge in [-0.15, -0.1) is 0 Å². The second kappa shape index (κ2) is 7.99. The molecule has 1 N–H and O–H groups in total. The van der Waals surface area contributed by atoms with Gasteiger partial charge in [-0.2, -0.15) is 0 Å². The van der Waals surface area contributed by atoms with Crippen molar-refractivity contribution in [2.75, 3.05) is 33.4 Å². The highest BCUT2D eigenvalue weighted by Crippen LogP contribution is 2.11. The zero-order valence-corrected chi connectivity index (χ0v) is 12.0. The van der Waals surface area contributed by atoms with Crippen LogP contribution < -0.4 is 5.32 Å². The number of likely N-dealkylation sites (tertiary alicyclic amines) is 1. The Hall–Kier alpha value is -1.30. The minimum atomic E-state index is -0.365. The molecule has 1 rings (SSSR count). The summed E-state index contributed by atoms with van der Waals surface area (Å²) in [4.78, 5) is 24.9. The molecule has 0 aromatic heterocycles. The molecule has 0 spiro atoms. The van der Waals surface area contributed by atoms with E-state index in [9.17, 15) is 9.59 Å². The topological polar surface area (TPSA) is 67.9 Å². The number of nitrogens with zero attached hydrogens (tertiary/aromatic N) is 1. The highest BCUT2D eigenvalue weighted by Gasteiger charge is 2.23. The molecule has 0 saturated carbocycles. The first-order chi connectivity index (χ1) is 9.02. The minimum absolute atomic E-state index is 0.00309. The van der Waals surface area contributed by atoms with Crippen molar-refractivity contribution in [3.8, 4) is 0 Å². The van der Waals surface area contributed by atoms with Gasteiger partial charge in [-0.1, -0.05) is 13.8 Å². The fourth-order valence-electron chi connectivity index (χ4n) is 1.94. The van der Waals surface area contributed by atoms with Gasteiger partial charge in [-0.05, 0) is 18.8 Å². The Morgan fingerprint density at radius 3 is 2.47 bits per heavy atom. The van der Waals surface area contributed by atoms with Crippen LogP contribution in [0.3, 0.4) is 0 Å². The molecule has 1 heterocycles. The normalized spacial score (nSPS) is 16.5. The van der Waals surface area contributed by atoms with Crippen LogP contribution in [0, 0.1) is 5.92 Å². The Morgan fingerprint density at radius 1 is 1.32 bits per heavy atom. The Balaban J connectivity index is 2.22. The molecule has 1 aliphatic rings. The van der Waals surface area contributed by atoms with Crippen LogP contribution >= 0.6 is 0 Å². The number of alkyl carbamates (subject to hydrolysis) is 1. The third-order valence-electron chi connectivity index (χ3n) is 2.99. The monoisotopic (exact) mass is 272 g/mol. The van der Waals surface area contributed by atoms with Gasteiger partial charge in [0.1, 0.15) is 6.61 Å². The second-order valence-corrected chi connectivity index (χ2v) is 5.22. The summed E-state index contributed by atoms with van der Waals surface area (Å²) in [6, 6.07) is 0.0891. The lowest BCUT2D eigenvalue weighted by Crippen LogP contribution is -2.47. The van der Waals surface area contributed by atoms with Crippen molar-refractivity contribution in [1.82, 2.24) is 10.2 Å². The molecule has 0 radical (unpaired) electrons. The number of rotatable bonds is 5. The molecule has 0 aromatic carbocycles. The van der Waals surface area contributed by atoms with Crippen molar-refractivity contribution in [3.05, 3.63) is 0 Å². The number of methoxy groups -OCH3 is 1. The lowest BCUT2D eigenvalue weighted by molar-refractivity contribution is -0.136. The van der Waals surface area contributed by atoms with E-state index in [1.54, 1.807) is 4.90 Å². The maximum Gasteiger partial charge on any atom is 0.407 e. The molecule has 0 unspecified atom stereocenters. The van der Waals surface area contributed by atoms with Crippen molar-refractivity contribution in [1.29, 1.82) is 0 Å². The third-order valence-corrected chi connectivity index (χ3v) is 2.99. The fraction of sp³-hybridized carbons (Fsp3) is 0.846. The van der Waals surface area contributed by atoms with Gasteiger partial charge in [0.25, 0.3) is 0 Å². The van der Waals surface area contributed by atoms with Crippen molar-refractivity contribution in [2.45, 2.75) is 32.7 Å². The Morgan fingerprint density at radius 2 is 1.95 bits per heavy atom. The lowest BCUT2D eigenvalue weighted by atomic mass is 10.1. The predicted molar refractivity (Wildman–Crippen MR) is 70.8 cm³/mol. The van der Waals surface area contributed by atoms with E-state index < -0.39 is 0 Å². The van der Waals surface area contributed by atoms with Crippen LogP contribution in [0.25, 0.3) is 0 Å². The zero-order chi connectivity index (χ0) is 14.3. The van der Waals surface area contributed by atoms with Crippen LogP contribution in [0.2, 0.25) is 0 Å². The molecule has 1 fully saturated rings. The summed E-state index contributed by atoms with van der Waals surface area (Å²) in [6.45, 7) is 5.83. The largest absolute Gasteiger partial charge is 0.449 e. The standard InChI is InChI=1S/C13H24N2O4/c1-10(2)8-19-13(17)14-11-4-6-15(7-5-11)12(16)9-18-3/h10-11H,4-9H2,1-3H3,(H,14,17). The van der Waals surface area contributed by atoms with E-state index in [-0.39, 0.29) is 24.6 Å². The fourth-order valence-corrected chi connectivity index (χ4v) is 1.94. The van der Waals surface area contributed by atoms with Crippen molar-refractivity contribution in [3.63, 3.8) is 0 Å². The van der Waals surface area contributed by atoms with E-state index in [2.05, 4.69) is 5.32 Å². The quantitative estimate of drug-likeness (QED) is 0.811. The van der Waals surface area contributed by atoms with Crippen LogP contribution in [0.1, 0.15) is 26.7 Å². The van der Waals surface area contributed by atoms with Gasteiger partial charge in [0, 0.05) is 26.2 Å². The molecule has 110 valence electrons. The lowest BCUT2D eigenvalue weighted by Gasteiger charge is -2.32. The highest BCUT2D eigenvalue weighted by atomic mass is 16.5. The molecule has 2 amide bonds. The van der Waals surface area contributed by atoms with Gasteiger partial charge in [0.15, 0.2) is 0 Å². The van der Waals surface area contributed by atoms with Gasteiger partial charge in [-0.3, -0.25) is 4.79 Å². The smallest absolute Gasteiger partial charge is 0.407 e. The Kier molecular flexibility index (Phi) is 6.62. The van der Waals surface area contributed by atoms with E-state index in [0.29, 0.717) is 25.6 Å². The first-order valence-electron chi connectivity index (χ1n) is 6.73. The summed E-state index contributed by atoms with van der Waals surface area (Å²) >= 11 is 0. The summed E-state index contributed by atoms with van der Waals surface area (Å²) in [5, 5.41) is 2.84.